The first kappa shape index (κ1) is 14.6. The third-order valence-corrected chi connectivity index (χ3v) is 2.97. The zero-order valence-corrected chi connectivity index (χ0v) is 11.7. The number of aryl methyl sites for hydroxylation is 2. The Balaban J connectivity index is 1.82. The highest BCUT2D eigenvalue weighted by atomic mass is 16.4. The van der Waals surface area contributed by atoms with E-state index in [0.29, 0.717) is 18.1 Å². The first-order chi connectivity index (χ1) is 9.97. The number of carboxylic acid groups (broad SMARTS) is 1. The number of nitrogens with one attached hydrogen (secondary N) is 2. The van der Waals surface area contributed by atoms with E-state index in [4.69, 9.17) is 9.52 Å². The molecular weight excluding hydrogens is 276 g/mol. The maximum atomic E-state index is 11.6. The number of aromatic carboxylic acids is 1. The van der Waals surface area contributed by atoms with E-state index in [1.54, 1.807) is 30.9 Å². The molecule has 0 bridgehead atoms. The van der Waals surface area contributed by atoms with Crippen LogP contribution >= 0.6 is 0 Å². The summed E-state index contributed by atoms with van der Waals surface area (Å²) >= 11 is 0. The SMILES string of the molecule is Cc1oc(CNC(=O)NCc2ccnn2C)cc1C(=O)O. The highest BCUT2D eigenvalue weighted by molar-refractivity contribution is 5.88. The van der Waals surface area contributed by atoms with Crippen LogP contribution < -0.4 is 10.6 Å². The van der Waals surface area contributed by atoms with Gasteiger partial charge in [-0.25, -0.2) is 9.59 Å². The summed E-state index contributed by atoms with van der Waals surface area (Å²) in [4.78, 5) is 22.5. The molecule has 0 unspecified atom stereocenters. The van der Waals surface area contributed by atoms with Gasteiger partial charge in [-0.3, -0.25) is 4.68 Å². The molecular formula is C13H16N4O4. The van der Waals surface area contributed by atoms with Gasteiger partial charge in [-0.1, -0.05) is 0 Å². The van der Waals surface area contributed by atoms with Gasteiger partial charge in [-0.05, 0) is 19.1 Å². The standard InChI is InChI=1S/C13H16N4O4/c1-8-11(12(18)19)5-10(21-8)7-15-13(20)14-6-9-3-4-16-17(9)2/h3-5H,6-7H2,1-2H3,(H,18,19)(H2,14,15,20). The maximum absolute atomic E-state index is 11.6. The van der Waals surface area contributed by atoms with E-state index < -0.39 is 5.97 Å². The van der Waals surface area contributed by atoms with Crippen LogP contribution in [-0.2, 0) is 20.1 Å². The van der Waals surface area contributed by atoms with E-state index in [1.165, 1.54) is 6.07 Å². The molecule has 0 aliphatic heterocycles. The third kappa shape index (κ3) is 3.62. The van der Waals surface area contributed by atoms with Gasteiger partial charge < -0.3 is 20.2 Å². The fourth-order valence-corrected chi connectivity index (χ4v) is 1.82. The van der Waals surface area contributed by atoms with Crippen LogP contribution in [0.1, 0.15) is 27.6 Å². The van der Waals surface area contributed by atoms with E-state index in [9.17, 15) is 9.59 Å². The van der Waals surface area contributed by atoms with Gasteiger partial charge in [0.1, 0.15) is 17.1 Å². The molecule has 2 heterocycles. The monoisotopic (exact) mass is 292 g/mol. The first-order valence-electron chi connectivity index (χ1n) is 6.28. The van der Waals surface area contributed by atoms with Gasteiger partial charge >= 0.3 is 12.0 Å². The molecule has 0 saturated carbocycles. The van der Waals surface area contributed by atoms with Crippen LogP contribution in [0.25, 0.3) is 0 Å². The van der Waals surface area contributed by atoms with Crippen LogP contribution in [0.4, 0.5) is 4.79 Å². The lowest BCUT2D eigenvalue weighted by atomic mass is 10.2. The average Bonchev–Trinajstić information content (AvgIpc) is 3.00. The molecule has 0 fully saturated rings. The van der Waals surface area contributed by atoms with Crippen molar-refractivity contribution < 1.29 is 19.1 Å². The molecule has 3 N–H and O–H groups in total. The van der Waals surface area contributed by atoms with Crippen molar-refractivity contribution in [3.8, 4) is 0 Å². The van der Waals surface area contributed by atoms with Gasteiger partial charge in [0.05, 0.1) is 18.8 Å². The van der Waals surface area contributed by atoms with Crippen molar-refractivity contribution in [2.24, 2.45) is 7.05 Å². The van der Waals surface area contributed by atoms with E-state index in [-0.39, 0.29) is 18.1 Å². The lowest BCUT2D eigenvalue weighted by Gasteiger charge is -2.06. The topological polar surface area (TPSA) is 109 Å². The predicted molar refractivity (Wildman–Crippen MR) is 72.7 cm³/mol. The summed E-state index contributed by atoms with van der Waals surface area (Å²) in [6.45, 7) is 2.03. The number of hydrogen-bond donors (Lipinski definition) is 3. The molecule has 0 aliphatic carbocycles. The summed E-state index contributed by atoms with van der Waals surface area (Å²) in [6, 6.07) is 2.83. The molecule has 0 radical (unpaired) electrons. The zero-order chi connectivity index (χ0) is 15.4. The van der Waals surface area contributed by atoms with Gasteiger partial charge in [-0.15, -0.1) is 0 Å². The lowest BCUT2D eigenvalue weighted by Crippen LogP contribution is -2.34. The minimum absolute atomic E-state index is 0.0992. The molecule has 112 valence electrons. The summed E-state index contributed by atoms with van der Waals surface area (Å²) in [5, 5.41) is 18.2. The summed E-state index contributed by atoms with van der Waals surface area (Å²) in [6.07, 6.45) is 1.65. The molecule has 0 saturated heterocycles. The average molecular weight is 292 g/mol. The second-order valence-electron chi connectivity index (χ2n) is 4.47. The first-order valence-corrected chi connectivity index (χ1v) is 6.28. The van der Waals surface area contributed by atoms with E-state index in [2.05, 4.69) is 15.7 Å². The van der Waals surface area contributed by atoms with E-state index in [0.717, 1.165) is 5.69 Å². The number of amides is 2. The summed E-state index contributed by atoms with van der Waals surface area (Å²) in [5.74, 6) is -0.349. The maximum Gasteiger partial charge on any atom is 0.339 e. The van der Waals surface area contributed by atoms with Crippen LogP contribution in [0.2, 0.25) is 0 Å². The number of carbonyl (C=O) groups is 2. The summed E-state index contributed by atoms with van der Waals surface area (Å²) < 4.78 is 6.92. The fraction of sp³-hybridized carbons (Fsp3) is 0.308. The molecule has 0 spiro atoms. The molecule has 2 rings (SSSR count). The molecule has 8 nitrogen and oxygen atoms in total. The second-order valence-corrected chi connectivity index (χ2v) is 4.47. The fourth-order valence-electron chi connectivity index (χ4n) is 1.82. The number of furan rings is 1. The minimum Gasteiger partial charge on any atom is -0.478 e. The Morgan fingerprint density at radius 1 is 1.38 bits per heavy atom. The van der Waals surface area contributed by atoms with Crippen molar-refractivity contribution in [2.75, 3.05) is 0 Å². The second kappa shape index (κ2) is 6.12. The van der Waals surface area contributed by atoms with Crippen molar-refractivity contribution in [2.45, 2.75) is 20.0 Å². The van der Waals surface area contributed by atoms with Gasteiger partial charge in [0.25, 0.3) is 0 Å². The van der Waals surface area contributed by atoms with Crippen molar-refractivity contribution >= 4 is 12.0 Å². The largest absolute Gasteiger partial charge is 0.478 e. The zero-order valence-electron chi connectivity index (χ0n) is 11.7. The summed E-state index contributed by atoms with van der Waals surface area (Å²) in [5.41, 5.74) is 0.967. The number of rotatable bonds is 5. The number of urea groups is 1. The van der Waals surface area contributed by atoms with Crippen molar-refractivity contribution in [1.29, 1.82) is 0 Å². The Labute approximate surface area is 120 Å². The highest BCUT2D eigenvalue weighted by Gasteiger charge is 2.14. The van der Waals surface area contributed by atoms with Crippen LogP contribution in [0.15, 0.2) is 22.7 Å². The smallest absolute Gasteiger partial charge is 0.339 e. The molecule has 0 atom stereocenters. The predicted octanol–water partition coefficient (Wildman–Crippen LogP) is 1.02. The molecule has 0 aromatic carbocycles. The van der Waals surface area contributed by atoms with Crippen molar-refractivity contribution in [3.05, 3.63) is 41.1 Å². The van der Waals surface area contributed by atoms with Gasteiger partial charge in [-0.2, -0.15) is 5.10 Å². The van der Waals surface area contributed by atoms with Gasteiger partial charge in [0.15, 0.2) is 0 Å². The molecule has 8 heteroatoms. The summed E-state index contributed by atoms with van der Waals surface area (Å²) in [7, 11) is 1.79. The van der Waals surface area contributed by atoms with E-state index >= 15 is 0 Å². The number of carbonyl (C=O) groups excluding carboxylic acids is 1. The van der Waals surface area contributed by atoms with Crippen LogP contribution in [-0.4, -0.2) is 26.9 Å². The normalized spacial score (nSPS) is 10.4. The third-order valence-electron chi connectivity index (χ3n) is 2.97. The van der Waals surface area contributed by atoms with Crippen LogP contribution in [0, 0.1) is 6.92 Å². The number of aromatic nitrogens is 2. The van der Waals surface area contributed by atoms with Crippen molar-refractivity contribution in [3.63, 3.8) is 0 Å². The number of nitrogens with zero attached hydrogens (tertiary/aromatic N) is 2. The Hall–Kier alpha value is -2.77. The highest BCUT2D eigenvalue weighted by Crippen LogP contribution is 2.14. The van der Waals surface area contributed by atoms with Gasteiger partial charge in [0, 0.05) is 13.2 Å². The number of carboxylic acids is 1. The number of hydrogen-bond acceptors (Lipinski definition) is 4. The van der Waals surface area contributed by atoms with Crippen molar-refractivity contribution in [1.82, 2.24) is 20.4 Å². The quantitative estimate of drug-likeness (QED) is 0.762. The minimum atomic E-state index is -1.05. The Morgan fingerprint density at radius 3 is 2.67 bits per heavy atom. The molecule has 0 aliphatic rings. The molecule has 21 heavy (non-hydrogen) atoms. The Bertz CT molecular complexity index is 659. The van der Waals surface area contributed by atoms with Crippen LogP contribution in [0.3, 0.4) is 0 Å². The van der Waals surface area contributed by atoms with E-state index in [1.807, 2.05) is 0 Å². The van der Waals surface area contributed by atoms with Gasteiger partial charge in [0.2, 0.25) is 0 Å². The van der Waals surface area contributed by atoms with Crippen LogP contribution in [0.5, 0.6) is 0 Å². The molecule has 2 amide bonds. The lowest BCUT2D eigenvalue weighted by molar-refractivity contribution is 0.0695. The molecule has 2 aromatic rings. The molecule has 2 aromatic heterocycles. The Kier molecular flexibility index (Phi) is 4.27. The Morgan fingerprint density at radius 2 is 2.10 bits per heavy atom.